The number of anilines is 1. The summed E-state index contributed by atoms with van der Waals surface area (Å²) in [6.07, 6.45) is 2.54. The molecule has 0 aromatic heterocycles. The van der Waals surface area contributed by atoms with Crippen molar-refractivity contribution in [1.82, 2.24) is 0 Å². The van der Waals surface area contributed by atoms with E-state index in [4.69, 9.17) is 21.1 Å². The summed E-state index contributed by atoms with van der Waals surface area (Å²) in [4.78, 5) is 2.44. The van der Waals surface area contributed by atoms with Crippen molar-refractivity contribution in [2.75, 3.05) is 31.2 Å². The van der Waals surface area contributed by atoms with Crippen LogP contribution in [0.5, 0.6) is 11.5 Å². The molecule has 5 rings (SSSR count). The second-order valence-corrected chi connectivity index (χ2v) is 7.36. The lowest BCUT2D eigenvalue weighted by atomic mass is 9.77. The number of hydrogen-bond acceptors (Lipinski definition) is 3. The summed E-state index contributed by atoms with van der Waals surface area (Å²) in [5, 5.41) is 0.690. The molecular weight excluding hydrogens is 322 g/mol. The molecule has 124 valence electrons. The summed E-state index contributed by atoms with van der Waals surface area (Å²) < 4.78 is 11.7. The van der Waals surface area contributed by atoms with Crippen LogP contribution in [0.25, 0.3) is 0 Å². The summed E-state index contributed by atoms with van der Waals surface area (Å²) in [6.45, 7) is 3.89. The van der Waals surface area contributed by atoms with Crippen LogP contribution in [-0.4, -0.2) is 26.3 Å². The van der Waals surface area contributed by atoms with E-state index in [0.29, 0.717) is 16.9 Å². The van der Waals surface area contributed by atoms with E-state index in [1.807, 2.05) is 12.1 Å². The number of halogens is 1. The minimum Gasteiger partial charge on any atom is -0.455 e. The Hall–Kier alpha value is -1.71. The summed E-state index contributed by atoms with van der Waals surface area (Å²) in [5.74, 6) is 2.59. The van der Waals surface area contributed by atoms with Crippen molar-refractivity contribution < 1.29 is 9.47 Å². The molecule has 0 spiro atoms. The number of benzene rings is 2. The van der Waals surface area contributed by atoms with Gasteiger partial charge in [0.25, 0.3) is 0 Å². The largest absolute Gasteiger partial charge is 0.455 e. The molecule has 2 aromatic rings. The number of ether oxygens (including phenoxy) is 2. The Morgan fingerprint density at radius 1 is 1.00 bits per heavy atom. The zero-order chi connectivity index (χ0) is 16.1. The smallest absolute Gasteiger partial charge is 0.149 e. The molecule has 0 bridgehead atoms. The quantitative estimate of drug-likeness (QED) is 0.781. The van der Waals surface area contributed by atoms with Crippen molar-refractivity contribution in [3.63, 3.8) is 0 Å². The normalized spacial score (nSPS) is 22.5. The van der Waals surface area contributed by atoms with Gasteiger partial charge in [-0.1, -0.05) is 29.8 Å². The van der Waals surface area contributed by atoms with Crippen LogP contribution in [0.3, 0.4) is 0 Å². The Morgan fingerprint density at radius 3 is 2.58 bits per heavy atom. The van der Waals surface area contributed by atoms with Crippen LogP contribution in [-0.2, 0) is 4.74 Å². The number of rotatable bonds is 2. The maximum Gasteiger partial charge on any atom is 0.149 e. The standard InChI is InChI=1S/C20H20ClNO2/c21-17-5-3-4-16-19(13-11-23-12-13)15-7-6-14(22-8-1-2-9-22)10-18(15)24-20(16)17/h3-7,10,13,19H,1-2,8-9,11-12H2. The summed E-state index contributed by atoms with van der Waals surface area (Å²) in [7, 11) is 0. The number of fused-ring (bicyclic) bond motifs is 2. The molecule has 4 heteroatoms. The van der Waals surface area contributed by atoms with E-state index < -0.39 is 0 Å². The van der Waals surface area contributed by atoms with Crippen molar-refractivity contribution in [3.8, 4) is 11.5 Å². The number of para-hydroxylation sites is 1. The van der Waals surface area contributed by atoms with Gasteiger partial charge in [0.05, 0.1) is 18.2 Å². The van der Waals surface area contributed by atoms with Gasteiger partial charge in [-0.3, -0.25) is 0 Å². The van der Waals surface area contributed by atoms with Crippen molar-refractivity contribution in [2.45, 2.75) is 18.8 Å². The zero-order valence-electron chi connectivity index (χ0n) is 13.5. The van der Waals surface area contributed by atoms with Gasteiger partial charge in [0.1, 0.15) is 11.5 Å². The van der Waals surface area contributed by atoms with Gasteiger partial charge >= 0.3 is 0 Å². The number of nitrogens with zero attached hydrogens (tertiary/aromatic N) is 1. The Kier molecular flexibility index (Phi) is 3.46. The molecule has 1 unspecified atom stereocenters. The minimum absolute atomic E-state index is 0.309. The van der Waals surface area contributed by atoms with Gasteiger partial charge in [-0.05, 0) is 25.0 Å². The van der Waals surface area contributed by atoms with Crippen LogP contribution < -0.4 is 9.64 Å². The monoisotopic (exact) mass is 341 g/mol. The van der Waals surface area contributed by atoms with E-state index in [0.717, 1.165) is 37.8 Å². The number of hydrogen-bond donors (Lipinski definition) is 0. The topological polar surface area (TPSA) is 21.7 Å². The molecule has 2 saturated heterocycles. The third-order valence-electron chi connectivity index (χ3n) is 5.48. The highest BCUT2D eigenvalue weighted by atomic mass is 35.5. The van der Waals surface area contributed by atoms with Crippen LogP contribution in [0.2, 0.25) is 5.02 Å². The van der Waals surface area contributed by atoms with E-state index in [9.17, 15) is 0 Å². The van der Waals surface area contributed by atoms with E-state index in [1.54, 1.807) is 0 Å². The van der Waals surface area contributed by atoms with E-state index in [2.05, 4.69) is 29.2 Å². The molecule has 3 aliphatic rings. The molecule has 3 nitrogen and oxygen atoms in total. The van der Waals surface area contributed by atoms with Gasteiger partial charge in [-0.25, -0.2) is 0 Å². The molecule has 0 saturated carbocycles. The SMILES string of the molecule is Clc1cccc2c1Oc1cc(N3CCCC3)ccc1C2C1COC1. The average Bonchev–Trinajstić information content (AvgIpc) is 3.08. The Balaban J connectivity index is 1.61. The van der Waals surface area contributed by atoms with Gasteiger partial charge in [0, 0.05) is 47.8 Å². The predicted molar refractivity (Wildman–Crippen MR) is 95.6 cm³/mol. The minimum atomic E-state index is 0.309. The second kappa shape index (κ2) is 5.68. The van der Waals surface area contributed by atoms with E-state index >= 15 is 0 Å². The summed E-state index contributed by atoms with van der Waals surface area (Å²) >= 11 is 6.44. The molecule has 1 atom stereocenters. The van der Waals surface area contributed by atoms with Crippen LogP contribution in [0.15, 0.2) is 36.4 Å². The van der Waals surface area contributed by atoms with Gasteiger partial charge in [-0.2, -0.15) is 0 Å². The molecule has 2 fully saturated rings. The van der Waals surface area contributed by atoms with E-state index in [-0.39, 0.29) is 0 Å². The Labute approximate surface area is 147 Å². The fraction of sp³-hybridized carbons (Fsp3) is 0.400. The molecular formula is C20H20ClNO2. The molecule has 2 aromatic carbocycles. The van der Waals surface area contributed by atoms with Crippen molar-refractivity contribution >= 4 is 17.3 Å². The van der Waals surface area contributed by atoms with Crippen LogP contribution in [0.4, 0.5) is 5.69 Å². The molecule has 0 aliphatic carbocycles. The summed E-state index contributed by atoms with van der Waals surface area (Å²) in [5.41, 5.74) is 3.71. The average molecular weight is 342 g/mol. The molecule has 0 N–H and O–H groups in total. The lowest BCUT2D eigenvalue weighted by Crippen LogP contribution is -2.35. The first-order valence-electron chi connectivity index (χ1n) is 8.74. The molecule has 24 heavy (non-hydrogen) atoms. The second-order valence-electron chi connectivity index (χ2n) is 6.95. The van der Waals surface area contributed by atoms with Gasteiger partial charge < -0.3 is 14.4 Å². The molecule has 0 amide bonds. The fourth-order valence-electron chi connectivity index (χ4n) is 4.15. The van der Waals surface area contributed by atoms with Gasteiger partial charge in [0.2, 0.25) is 0 Å². The maximum absolute atomic E-state index is 6.44. The van der Waals surface area contributed by atoms with Gasteiger partial charge in [0.15, 0.2) is 0 Å². The zero-order valence-corrected chi connectivity index (χ0v) is 14.3. The van der Waals surface area contributed by atoms with Crippen LogP contribution >= 0.6 is 11.6 Å². The highest BCUT2D eigenvalue weighted by molar-refractivity contribution is 6.32. The lowest BCUT2D eigenvalue weighted by molar-refractivity contribution is -0.0402. The van der Waals surface area contributed by atoms with E-state index in [1.165, 1.54) is 29.7 Å². The third kappa shape index (κ3) is 2.22. The molecule has 0 radical (unpaired) electrons. The van der Waals surface area contributed by atoms with Crippen molar-refractivity contribution in [1.29, 1.82) is 0 Å². The van der Waals surface area contributed by atoms with Crippen LogP contribution in [0, 0.1) is 5.92 Å². The molecule has 3 heterocycles. The van der Waals surface area contributed by atoms with Crippen molar-refractivity contribution in [2.24, 2.45) is 5.92 Å². The fourth-order valence-corrected chi connectivity index (χ4v) is 4.37. The maximum atomic E-state index is 6.44. The highest BCUT2D eigenvalue weighted by Crippen LogP contribution is 2.52. The van der Waals surface area contributed by atoms with Crippen LogP contribution in [0.1, 0.15) is 29.9 Å². The third-order valence-corrected chi connectivity index (χ3v) is 5.78. The molecule has 3 aliphatic heterocycles. The lowest BCUT2D eigenvalue weighted by Gasteiger charge is -2.38. The first-order valence-corrected chi connectivity index (χ1v) is 9.12. The highest BCUT2D eigenvalue weighted by Gasteiger charge is 2.38. The first-order chi connectivity index (χ1) is 11.8. The Morgan fingerprint density at radius 2 is 1.83 bits per heavy atom. The Bertz CT molecular complexity index is 781. The van der Waals surface area contributed by atoms with Crippen molar-refractivity contribution in [3.05, 3.63) is 52.5 Å². The van der Waals surface area contributed by atoms with Gasteiger partial charge in [-0.15, -0.1) is 0 Å². The predicted octanol–water partition coefficient (Wildman–Crippen LogP) is 4.82. The summed E-state index contributed by atoms with van der Waals surface area (Å²) in [6, 6.07) is 12.7. The first kappa shape index (κ1) is 14.6.